The normalized spacial score (nSPS) is 21.0. The molecule has 152 valence electrons. The number of methoxy groups -OCH3 is 1. The average molecular weight is 369 g/mol. The molecule has 0 atom stereocenters. The monoisotopic (exact) mass is 368 g/mol. The highest BCUT2D eigenvalue weighted by atomic mass is 16.5. The number of hydrogen-bond donors (Lipinski definition) is 1. The Hall–Kier alpha value is -0.850. The van der Waals surface area contributed by atoms with Gasteiger partial charge in [-0.05, 0) is 58.2 Å². The SMILES string of the molecule is CN=C(NCCCN1CCCCCC1)N1CCC(OCCCOC)CC1. The van der Waals surface area contributed by atoms with Crippen LogP contribution in [0.5, 0.6) is 0 Å². The standard InChI is InChI=1S/C20H40N4O2/c1-21-20(22-11-7-14-23-12-5-3-4-6-13-23)24-15-9-19(10-16-24)26-18-8-17-25-2/h19H,3-18H2,1-2H3,(H,21,22). The lowest BCUT2D eigenvalue weighted by atomic mass is 10.1. The zero-order valence-corrected chi connectivity index (χ0v) is 17.0. The summed E-state index contributed by atoms with van der Waals surface area (Å²) in [5, 5.41) is 3.56. The Morgan fingerprint density at radius 2 is 1.73 bits per heavy atom. The fraction of sp³-hybridized carbons (Fsp3) is 0.950. The van der Waals surface area contributed by atoms with E-state index >= 15 is 0 Å². The van der Waals surface area contributed by atoms with Gasteiger partial charge in [-0.15, -0.1) is 0 Å². The lowest BCUT2D eigenvalue weighted by Crippen LogP contribution is -2.47. The van der Waals surface area contributed by atoms with Gasteiger partial charge in [-0.3, -0.25) is 4.99 Å². The van der Waals surface area contributed by atoms with Gasteiger partial charge in [-0.25, -0.2) is 0 Å². The first kappa shape index (κ1) is 21.5. The molecule has 2 saturated heterocycles. The molecule has 2 aliphatic rings. The van der Waals surface area contributed by atoms with Gasteiger partial charge in [0, 0.05) is 47.0 Å². The molecule has 0 spiro atoms. The summed E-state index contributed by atoms with van der Waals surface area (Å²) in [5.41, 5.74) is 0. The van der Waals surface area contributed by atoms with Gasteiger partial charge < -0.3 is 24.6 Å². The molecule has 0 saturated carbocycles. The van der Waals surface area contributed by atoms with E-state index < -0.39 is 0 Å². The molecule has 0 aromatic rings. The minimum Gasteiger partial charge on any atom is -0.385 e. The van der Waals surface area contributed by atoms with Crippen molar-refractivity contribution in [3.05, 3.63) is 0 Å². The molecule has 2 fully saturated rings. The first-order valence-electron chi connectivity index (χ1n) is 10.6. The van der Waals surface area contributed by atoms with E-state index in [1.165, 1.54) is 51.7 Å². The predicted octanol–water partition coefficient (Wildman–Crippen LogP) is 2.35. The highest BCUT2D eigenvalue weighted by Crippen LogP contribution is 2.14. The van der Waals surface area contributed by atoms with E-state index in [-0.39, 0.29) is 0 Å². The van der Waals surface area contributed by atoms with Crippen molar-refractivity contribution in [2.45, 2.75) is 57.5 Å². The molecular formula is C20H40N4O2. The van der Waals surface area contributed by atoms with Crippen molar-refractivity contribution in [1.29, 1.82) is 0 Å². The van der Waals surface area contributed by atoms with Gasteiger partial charge in [0.05, 0.1) is 6.10 Å². The maximum Gasteiger partial charge on any atom is 0.193 e. The van der Waals surface area contributed by atoms with Crippen LogP contribution in [0, 0.1) is 0 Å². The van der Waals surface area contributed by atoms with Crippen LogP contribution in [0.25, 0.3) is 0 Å². The summed E-state index contributed by atoms with van der Waals surface area (Å²) in [5.74, 6) is 1.05. The summed E-state index contributed by atoms with van der Waals surface area (Å²) in [6.45, 7) is 8.44. The molecule has 6 nitrogen and oxygen atoms in total. The van der Waals surface area contributed by atoms with E-state index in [1.807, 2.05) is 7.05 Å². The third-order valence-corrected chi connectivity index (χ3v) is 5.43. The van der Waals surface area contributed by atoms with Crippen molar-refractivity contribution < 1.29 is 9.47 Å². The first-order chi connectivity index (χ1) is 12.8. The molecule has 2 heterocycles. The third-order valence-electron chi connectivity index (χ3n) is 5.43. The van der Waals surface area contributed by atoms with Crippen molar-refractivity contribution in [3.8, 4) is 0 Å². The number of guanidine groups is 1. The van der Waals surface area contributed by atoms with Gasteiger partial charge >= 0.3 is 0 Å². The zero-order valence-electron chi connectivity index (χ0n) is 17.0. The maximum absolute atomic E-state index is 5.95. The number of aliphatic imine (C=N–C) groups is 1. The van der Waals surface area contributed by atoms with Crippen LogP contribution in [0.3, 0.4) is 0 Å². The summed E-state index contributed by atoms with van der Waals surface area (Å²) in [7, 11) is 3.63. The van der Waals surface area contributed by atoms with Crippen LogP contribution in [0.4, 0.5) is 0 Å². The molecule has 0 aliphatic carbocycles. The fourth-order valence-corrected chi connectivity index (χ4v) is 3.88. The number of nitrogens with zero attached hydrogens (tertiary/aromatic N) is 3. The highest BCUT2D eigenvalue weighted by molar-refractivity contribution is 5.79. The molecule has 0 aromatic carbocycles. The summed E-state index contributed by atoms with van der Waals surface area (Å²) in [6.07, 6.45) is 10.3. The molecule has 0 radical (unpaired) electrons. The van der Waals surface area contributed by atoms with E-state index in [4.69, 9.17) is 9.47 Å². The van der Waals surface area contributed by atoms with Gasteiger partial charge in [0.1, 0.15) is 0 Å². The minimum atomic E-state index is 0.393. The van der Waals surface area contributed by atoms with E-state index in [2.05, 4.69) is 20.1 Å². The van der Waals surface area contributed by atoms with Gasteiger partial charge in [0.25, 0.3) is 0 Å². The fourth-order valence-electron chi connectivity index (χ4n) is 3.88. The number of ether oxygens (including phenoxy) is 2. The molecule has 0 aromatic heterocycles. The third kappa shape index (κ3) is 8.23. The average Bonchev–Trinajstić information content (AvgIpc) is 2.95. The molecular weight excluding hydrogens is 328 g/mol. The van der Waals surface area contributed by atoms with Crippen LogP contribution >= 0.6 is 0 Å². The summed E-state index contributed by atoms with van der Waals surface area (Å²) >= 11 is 0. The topological polar surface area (TPSA) is 49.3 Å². The maximum atomic E-state index is 5.95. The van der Waals surface area contributed by atoms with Crippen molar-refractivity contribution >= 4 is 5.96 Å². The second kappa shape index (κ2) is 13.3. The lowest BCUT2D eigenvalue weighted by Gasteiger charge is -2.34. The number of likely N-dealkylation sites (tertiary alicyclic amines) is 2. The quantitative estimate of drug-likeness (QED) is 0.385. The Bertz CT molecular complexity index is 376. The second-order valence-electron chi connectivity index (χ2n) is 7.49. The molecule has 2 aliphatic heterocycles. The van der Waals surface area contributed by atoms with Crippen LogP contribution in [0.15, 0.2) is 4.99 Å². The molecule has 0 unspecified atom stereocenters. The smallest absolute Gasteiger partial charge is 0.193 e. The highest BCUT2D eigenvalue weighted by Gasteiger charge is 2.21. The molecule has 1 N–H and O–H groups in total. The largest absolute Gasteiger partial charge is 0.385 e. The van der Waals surface area contributed by atoms with Crippen molar-refractivity contribution in [1.82, 2.24) is 15.1 Å². The predicted molar refractivity (Wildman–Crippen MR) is 108 cm³/mol. The Morgan fingerprint density at radius 1 is 1.00 bits per heavy atom. The minimum absolute atomic E-state index is 0.393. The molecule has 6 heteroatoms. The first-order valence-corrected chi connectivity index (χ1v) is 10.6. The van der Waals surface area contributed by atoms with Crippen molar-refractivity contribution in [2.24, 2.45) is 4.99 Å². The van der Waals surface area contributed by atoms with Crippen LogP contribution in [0.1, 0.15) is 51.4 Å². The Kier molecular flexibility index (Phi) is 11.0. The summed E-state index contributed by atoms with van der Waals surface area (Å²) in [4.78, 5) is 9.49. The molecule has 0 bridgehead atoms. The number of hydrogen-bond acceptors (Lipinski definition) is 4. The van der Waals surface area contributed by atoms with Gasteiger partial charge in [-0.2, -0.15) is 0 Å². The van der Waals surface area contributed by atoms with E-state index in [1.54, 1.807) is 7.11 Å². The Balaban J connectivity index is 1.57. The summed E-state index contributed by atoms with van der Waals surface area (Å²) < 4.78 is 11.0. The second-order valence-corrected chi connectivity index (χ2v) is 7.49. The van der Waals surface area contributed by atoms with E-state index in [9.17, 15) is 0 Å². The van der Waals surface area contributed by atoms with Crippen LogP contribution in [-0.2, 0) is 9.47 Å². The van der Waals surface area contributed by atoms with E-state index in [0.717, 1.165) is 58.1 Å². The van der Waals surface area contributed by atoms with Gasteiger partial charge in [-0.1, -0.05) is 12.8 Å². The van der Waals surface area contributed by atoms with Crippen molar-refractivity contribution in [3.63, 3.8) is 0 Å². The molecule has 0 amide bonds. The van der Waals surface area contributed by atoms with Crippen LogP contribution < -0.4 is 5.32 Å². The van der Waals surface area contributed by atoms with Gasteiger partial charge in [0.2, 0.25) is 0 Å². The molecule has 2 rings (SSSR count). The number of nitrogens with one attached hydrogen (secondary N) is 1. The number of rotatable bonds is 9. The summed E-state index contributed by atoms with van der Waals surface area (Å²) in [6, 6.07) is 0. The zero-order chi connectivity index (χ0) is 18.5. The van der Waals surface area contributed by atoms with Gasteiger partial charge in [0.15, 0.2) is 5.96 Å². The van der Waals surface area contributed by atoms with Crippen LogP contribution in [0.2, 0.25) is 0 Å². The number of piperidine rings is 1. The Labute approximate surface area is 160 Å². The molecule has 26 heavy (non-hydrogen) atoms. The van der Waals surface area contributed by atoms with E-state index in [0.29, 0.717) is 6.10 Å². The Morgan fingerprint density at radius 3 is 2.38 bits per heavy atom. The lowest BCUT2D eigenvalue weighted by molar-refractivity contribution is 0.00991. The van der Waals surface area contributed by atoms with Crippen LogP contribution in [-0.4, -0.2) is 88.5 Å². The van der Waals surface area contributed by atoms with Crippen molar-refractivity contribution in [2.75, 3.05) is 66.6 Å².